The molecule has 0 fully saturated rings. The van der Waals surface area contributed by atoms with E-state index in [9.17, 15) is 13.2 Å². The van der Waals surface area contributed by atoms with Crippen LogP contribution in [0.1, 0.15) is 31.7 Å². The molecule has 130 valence electrons. The molecule has 0 aliphatic heterocycles. The predicted octanol–water partition coefficient (Wildman–Crippen LogP) is 4.07. The Labute approximate surface area is 146 Å². The maximum atomic E-state index is 12.5. The van der Waals surface area contributed by atoms with E-state index in [2.05, 4.69) is 13.8 Å². The topological polar surface area (TPSA) is 73.6 Å². The Bertz CT molecular complexity index is 1050. The standard InChI is InChI=1S/C19H18O5S/c1-3-13(2)14-4-7-16(8-5-14)24-25(21,22)17-9-10-18-15(12-17)6-11-19(20)23-18/h4-13H,3H2,1-2H3/t13-/m0/s1. The van der Waals surface area contributed by atoms with Gasteiger partial charge in [0.15, 0.2) is 0 Å². The highest BCUT2D eigenvalue weighted by molar-refractivity contribution is 7.87. The predicted molar refractivity (Wildman–Crippen MR) is 95.4 cm³/mol. The molecule has 0 radical (unpaired) electrons. The molecule has 25 heavy (non-hydrogen) atoms. The molecule has 0 amide bonds. The molecule has 0 saturated carbocycles. The van der Waals surface area contributed by atoms with Crippen LogP contribution in [0.5, 0.6) is 5.75 Å². The third-order valence-electron chi connectivity index (χ3n) is 4.15. The van der Waals surface area contributed by atoms with Crippen LogP contribution in [0.4, 0.5) is 0 Å². The molecular weight excluding hydrogens is 340 g/mol. The van der Waals surface area contributed by atoms with Gasteiger partial charge in [0.1, 0.15) is 16.2 Å². The minimum atomic E-state index is -3.97. The van der Waals surface area contributed by atoms with Gasteiger partial charge in [-0.25, -0.2) is 4.79 Å². The summed E-state index contributed by atoms with van der Waals surface area (Å²) in [6.07, 6.45) is 1.01. The molecule has 3 aromatic rings. The van der Waals surface area contributed by atoms with Crippen LogP contribution in [0.3, 0.4) is 0 Å². The molecule has 0 spiro atoms. The van der Waals surface area contributed by atoms with Crippen molar-refractivity contribution in [3.63, 3.8) is 0 Å². The van der Waals surface area contributed by atoms with Crippen molar-refractivity contribution in [1.29, 1.82) is 0 Å². The van der Waals surface area contributed by atoms with Crippen LogP contribution in [0, 0.1) is 0 Å². The minimum absolute atomic E-state index is 0.000137. The van der Waals surface area contributed by atoms with Crippen LogP contribution in [0.2, 0.25) is 0 Å². The van der Waals surface area contributed by atoms with E-state index < -0.39 is 15.7 Å². The Morgan fingerprint density at radius 3 is 2.44 bits per heavy atom. The molecule has 0 saturated heterocycles. The number of benzene rings is 2. The van der Waals surface area contributed by atoms with Crippen molar-refractivity contribution >= 4 is 21.1 Å². The van der Waals surface area contributed by atoms with E-state index >= 15 is 0 Å². The van der Waals surface area contributed by atoms with Crippen molar-refractivity contribution in [3.05, 3.63) is 70.6 Å². The minimum Gasteiger partial charge on any atom is -0.423 e. The SMILES string of the molecule is CC[C@H](C)c1ccc(OS(=O)(=O)c2ccc3oc(=O)ccc3c2)cc1. The molecule has 0 aliphatic rings. The number of fused-ring (bicyclic) bond motifs is 1. The van der Waals surface area contributed by atoms with Crippen molar-refractivity contribution in [2.45, 2.75) is 31.1 Å². The van der Waals surface area contributed by atoms with E-state index in [1.807, 2.05) is 12.1 Å². The Kier molecular flexibility index (Phi) is 4.63. The van der Waals surface area contributed by atoms with Crippen molar-refractivity contribution in [3.8, 4) is 5.75 Å². The normalized spacial score (nSPS) is 12.9. The maximum Gasteiger partial charge on any atom is 0.339 e. The number of hydrogen-bond acceptors (Lipinski definition) is 5. The molecule has 0 unspecified atom stereocenters. The quantitative estimate of drug-likeness (QED) is 0.508. The zero-order chi connectivity index (χ0) is 18.0. The second-order valence-electron chi connectivity index (χ2n) is 5.87. The molecular formula is C19H18O5S. The van der Waals surface area contributed by atoms with Gasteiger partial charge in [0, 0.05) is 11.5 Å². The Hall–Kier alpha value is -2.60. The van der Waals surface area contributed by atoms with Crippen LogP contribution in [-0.2, 0) is 10.1 Å². The van der Waals surface area contributed by atoms with E-state index in [1.54, 1.807) is 12.1 Å². The average molecular weight is 358 g/mol. The fourth-order valence-corrected chi connectivity index (χ4v) is 3.43. The summed E-state index contributed by atoms with van der Waals surface area (Å²) in [5.41, 5.74) is 0.970. The van der Waals surface area contributed by atoms with Gasteiger partial charge in [0.25, 0.3) is 0 Å². The highest BCUT2D eigenvalue weighted by Gasteiger charge is 2.18. The number of hydrogen-bond donors (Lipinski definition) is 0. The molecule has 0 N–H and O–H groups in total. The van der Waals surface area contributed by atoms with Gasteiger partial charge in [-0.05, 0) is 54.3 Å². The van der Waals surface area contributed by atoms with E-state index in [0.717, 1.165) is 12.0 Å². The lowest BCUT2D eigenvalue weighted by Gasteiger charge is -2.11. The maximum absolute atomic E-state index is 12.5. The van der Waals surface area contributed by atoms with Gasteiger partial charge in [0.2, 0.25) is 0 Å². The van der Waals surface area contributed by atoms with Gasteiger partial charge >= 0.3 is 15.7 Å². The van der Waals surface area contributed by atoms with E-state index in [4.69, 9.17) is 8.60 Å². The second-order valence-corrected chi connectivity index (χ2v) is 7.42. The van der Waals surface area contributed by atoms with E-state index in [1.165, 1.54) is 30.3 Å². The van der Waals surface area contributed by atoms with Gasteiger partial charge < -0.3 is 8.60 Å². The summed E-state index contributed by atoms with van der Waals surface area (Å²) in [7, 11) is -3.97. The molecule has 2 aromatic carbocycles. The van der Waals surface area contributed by atoms with Crippen molar-refractivity contribution in [2.75, 3.05) is 0 Å². The first-order valence-electron chi connectivity index (χ1n) is 7.97. The molecule has 0 bridgehead atoms. The summed E-state index contributed by atoms with van der Waals surface area (Å²) < 4.78 is 35.2. The molecule has 1 atom stereocenters. The Morgan fingerprint density at radius 1 is 1.04 bits per heavy atom. The number of rotatable bonds is 5. The third kappa shape index (κ3) is 3.74. The van der Waals surface area contributed by atoms with Gasteiger partial charge in [0.05, 0.1) is 0 Å². The lowest BCUT2D eigenvalue weighted by Crippen LogP contribution is -2.10. The van der Waals surface area contributed by atoms with Crippen LogP contribution >= 0.6 is 0 Å². The van der Waals surface area contributed by atoms with E-state index in [-0.39, 0.29) is 10.6 Å². The Balaban J connectivity index is 1.88. The summed E-state index contributed by atoms with van der Waals surface area (Å²) in [5.74, 6) is 0.660. The fraction of sp³-hybridized carbons (Fsp3) is 0.211. The fourth-order valence-electron chi connectivity index (χ4n) is 2.47. The van der Waals surface area contributed by atoms with Gasteiger partial charge in [-0.2, -0.15) is 8.42 Å². The molecule has 1 aromatic heterocycles. The monoisotopic (exact) mass is 358 g/mol. The average Bonchev–Trinajstić information content (AvgIpc) is 2.60. The van der Waals surface area contributed by atoms with Crippen LogP contribution < -0.4 is 9.81 Å². The van der Waals surface area contributed by atoms with Crippen LogP contribution in [0.25, 0.3) is 11.0 Å². The second kappa shape index (κ2) is 6.72. The molecule has 5 nitrogen and oxygen atoms in total. The first-order chi connectivity index (χ1) is 11.9. The summed E-state index contributed by atoms with van der Waals surface area (Å²) in [4.78, 5) is 11.2. The lowest BCUT2D eigenvalue weighted by atomic mass is 9.99. The van der Waals surface area contributed by atoms with Crippen molar-refractivity contribution in [1.82, 2.24) is 0 Å². The molecule has 1 heterocycles. The summed E-state index contributed by atoms with van der Waals surface area (Å²) in [6, 6.07) is 14.0. The van der Waals surface area contributed by atoms with Crippen LogP contribution in [-0.4, -0.2) is 8.42 Å². The highest BCUT2D eigenvalue weighted by atomic mass is 32.2. The van der Waals surface area contributed by atoms with Crippen LogP contribution in [0.15, 0.2) is 68.7 Å². The van der Waals surface area contributed by atoms with Crippen molar-refractivity contribution in [2.24, 2.45) is 0 Å². The summed E-state index contributed by atoms with van der Waals surface area (Å²) in [5, 5.41) is 0.511. The summed E-state index contributed by atoms with van der Waals surface area (Å²) >= 11 is 0. The summed E-state index contributed by atoms with van der Waals surface area (Å²) in [6.45, 7) is 4.21. The van der Waals surface area contributed by atoms with Gasteiger partial charge in [-0.1, -0.05) is 26.0 Å². The molecule has 0 aliphatic carbocycles. The highest BCUT2D eigenvalue weighted by Crippen LogP contribution is 2.25. The zero-order valence-electron chi connectivity index (χ0n) is 13.9. The largest absolute Gasteiger partial charge is 0.423 e. The van der Waals surface area contributed by atoms with E-state index in [0.29, 0.717) is 16.9 Å². The first-order valence-corrected chi connectivity index (χ1v) is 9.38. The zero-order valence-corrected chi connectivity index (χ0v) is 14.7. The third-order valence-corrected chi connectivity index (χ3v) is 5.39. The lowest BCUT2D eigenvalue weighted by molar-refractivity contribution is 0.486. The first kappa shape index (κ1) is 17.2. The van der Waals surface area contributed by atoms with Gasteiger partial charge in [-0.15, -0.1) is 0 Å². The van der Waals surface area contributed by atoms with Crippen molar-refractivity contribution < 1.29 is 17.0 Å². The molecule has 6 heteroatoms. The smallest absolute Gasteiger partial charge is 0.339 e. The van der Waals surface area contributed by atoms with Gasteiger partial charge in [-0.3, -0.25) is 0 Å². The molecule has 3 rings (SSSR count). The Morgan fingerprint density at radius 2 is 1.76 bits per heavy atom.